The van der Waals surface area contributed by atoms with Gasteiger partial charge in [-0.15, -0.1) is 0 Å². The molecule has 1 rings (SSSR count). The van der Waals surface area contributed by atoms with Gasteiger partial charge in [0.1, 0.15) is 0 Å². The van der Waals surface area contributed by atoms with Crippen LogP contribution in [-0.4, -0.2) is 14.2 Å². The molecule has 0 N–H and O–H groups in total. The van der Waals surface area contributed by atoms with Crippen LogP contribution in [0.2, 0.25) is 5.02 Å². The van der Waals surface area contributed by atoms with Crippen LogP contribution >= 0.6 is 11.6 Å². The van der Waals surface area contributed by atoms with Gasteiger partial charge in [0.05, 0.1) is 19.2 Å². The summed E-state index contributed by atoms with van der Waals surface area (Å²) >= 11 is 5.98. The fourth-order valence-corrected chi connectivity index (χ4v) is 1.58. The number of aryl methyl sites for hydroxylation is 1. The molecule has 13 heavy (non-hydrogen) atoms. The van der Waals surface area contributed by atoms with Crippen molar-refractivity contribution in [2.45, 2.75) is 13.8 Å². The van der Waals surface area contributed by atoms with E-state index in [2.05, 4.69) is 0 Å². The Labute approximate surface area is 83.4 Å². The lowest BCUT2D eigenvalue weighted by Gasteiger charge is -2.13. The van der Waals surface area contributed by atoms with E-state index < -0.39 is 0 Å². The highest BCUT2D eigenvalue weighted by molar-refractivity contribution is 6.32. The first kappa shape index (κ1) is 10.2. The average Bonchev–Trinajstić information content (AvgIpc) is 2.10. The minimum atomic E-state index is 0.586. The summed E-state index contributed by atoms with van der Waals surface area (Å²) in [6.45, 7) is 3.97. The molecule has 0 radical (unpaired) electrons. The van der Waals surface area contributed by atoms with E-state index in [1.165, 1.54) is 0 Å². The largest absolute Gasteiger partial charge is 0.493 e. The maximum Gasteiger partial charge on any atom is 0.179 e. The summed E-state index contributed by atoms with van der Waals surface area (Å²) in [5.41, 5.74) is 2.16. The number of benzene rings is 1. The van der Waals surface area contributed by atoms with Crippen molar-refractivity contribution in [3.8, 4) is 11.5 Å². The first-order valence-electron chi connectivity index (χ1n) is 3.99. The maximum absolute atomic E-state index is 5.98. The van der Waals surface area contributed by atoms with Crippen LogP contribution in [0.3, 0.4) is 0 Å². The monoisotopic (exact) mass is 200 g/mol. The minimum Gasteiger partial charge on any atom is -0.493 e. The molecule has 1 aromatic carbocycles. The SMILES string of the molecule is COc1c(Cl)cc(C)c(C)c1OC. The Kier molecular flexibility index (Phi) is 3.04. The Hall–Kier alpha value is -0.890. The Balaban J connectivity index is 3.41. The summed E-state index contributed by atoms with van der Waals surface area (Å²) in [4.78, 5) is 0. The zero-order valence-corrected chi connectivity index (χ0v) is 9.03. The van der Waals surface area contributed by atoms with Crippen molar-refractivity contribution < 1.29 is 9.47 Å². The maximum atomic E-state index is 5.98. The number of ether oxygens (including phenoxy) is 2. The second kappa shape index (κ2) is 3.88. The number of methoxy groups -OCH3 is 2. The van der Waals surface area contributed by atoms with Gasteiger partial charge in [-0.25, -0.2) is 0 Å². The molecular formula is C10H13ClO2. The van der Waals surface area contributed by atoms with Gasteiger partial charge in [-0.3, -0.25) is 0 Å². The molecule has 0 spiro atoms. The van der Waals surface area contributed by atoms with Gasteiger partial charge in [-0.2, -0.15) is 0 Å². The molecule has 0 unspecified atom stereocenters. The molecule has 3 heteroatoms. The highest BCUT2D eigenvalue weighted by Crippen LogP contribution is 2.39. The summed E-state index contributed by atoms with van der Waals surface area (Å²) in [5.74, 6) is 1.32. The van der Waals surface area contributed by atoms with E-state index in [1.54, 1.807) is 14.2 Å². The molecule has 0 bridgehead atoms. The second-order valence-corrected chi connectivity index (χ2v) is 3.27. The smallest absolute Gasteiger partial charge is 0.179 e. The Bertz CT molecular complexity index is 321. The highest BCUT2D eigenvalue weighted by atomic mass is 35.5. The average molecular weight is 201 g/mol. The highest BCUT2D eigenvalue weighted by Gasteiger charge is 2.13. The topological polar surface area (TPSA) is 18.5 Å². The van der Waals surface area contributed by atoms with Gasteiger partial charge in [-0.05, 0) is 31.0 Å². The third-order valence-electron chi connectivity index (χ3n) is 2.11. The van der Waals surface area contributed by atoms with E-state index in [0.29, 0.717) is 16.5 Å². The van der Waals surface area contributed by atoms with E-state index in [-0.39, 0.29) is 0 Å². The van der Waals surface area contributed by atoms with Crippen molar-refractivity contribution in [1.82, 2.24) is 0 Å². The molecule has 0 aliphatic heterocycles. The van der Waals surface area contributed by atoms with Crippen molar-refractivity contribution >= 4 is 11.6 Å². The molecule has 0 aliphatic carbocycles. The lowest BCUT2D eigenvalue weighted by molar-refractivity contribution is 0.353. The Morgan fingerprint density at radius 3 is 2.08 bits per heavy atom. The Morgan fingerprint density at radius 1 is 1.08 bits per heavy atom. The van der Waals surface area contributed by atoms with Crippen LogP contribution in [0.4, 0.5) is 0 Å². The number of halogens is 1. The van der Waals surface area contributed by atoms with Crippen LogP contribution in [0.15, 0.2) is 6.07 Å². The summed E-state index contributed by atoms with van der Waals surface area (Å²) < 4.78 is 10.4. The number of rotatable bonds is 2. The van der Waals surface area contributed by atoms with Crippen molar-refractivity contribution in [3.63, 3.8) is 0 Å². The molecule has 0 saturated carbocycles. The normalized spacial score (nSPS) is 9.92. The summed E-state index contributed by atoms with van der Waals surface area (Å²) in [6.07, 6.45) is 0. The second-order valence-electron chi connectivity index (χ2n) is 2.87. The summed E-state index contributed by atoms with van der Waals surface area (Å²) in [7, 11) is 3.19. The number of hydrogen-bond acceptors (Lipinski definition) is 2. The molecule has 0 fully saturated rings. The molecule has 0 aliphatic rings. The molecule has 72 valence electrons. The predicted octanol–water partition coefficient (Wildman–Crippen LogP) is 2.97. The molecule has 1 aromatic rings. The van der Waals surface area contributed by atoms with E-state index in [0.717, 1.165) is 11.1 Å². The first-order chi connectivity index (χ1) is 6.11. The third kappa shape index (κ3) is 1.73. The number of hydrogen-bond donors (Lipinski definition) is 0. The van der Waals surface area contributed by atoms with E-state index in [1.807, 2.05) is 19.9 Å². The van der Waals surface area contributed by atoms with Crippen LogP contribution in [0, 0.1) is 13.8 Å². The molecule has 0 aromatic heterocycles. The van der Waals surface area contributed by atoms with Gasteiger partial charge in [0.15, 0.2) is 11.5 Å². The lowest BCUT2D eigenvalue weighted by Crippen LogP contribution is -1.95. The summed E-state index contributed by atoms with van der Waals surface area (Å²) in [6, 6.07) is 1.87. The predicted molar refractivity (Wildman–Crippen MR) is 54.0 cm³/mol. The van der Waals surface area contributed by atoms with E-state index in [4.69, 9.17) is 21.1 Å². The molecule has 0 heterocycles. The van der Waals surface area contributed by atoms with Crippen LogP contribution in [0.5, 0.6) is 11.5 Å². The van der Waals surface area contributed by atoms with E-state index in [9.17, 15) is 0 Å². The zero-order valence-electron chi connectivity index (χ0n) is 8.27. The van der Waals surface area contributed by atoms with E-state index >= 15 is 0 Å². The van der Waals surface area contributed by atoms with Crippen LogP contribution in [0.1, 0.15) is 11.1 Å². The molecule has 0 amide bonds. The first-order valence-corrected chi connectivity index (χ1v) is 4.37. The van der Waals surface area contributed by atoms with Gasteiger partial charge >= 0.3 is 0 Å². The molecule has 0 atom stereocenters. The molecular weight excluding hydrogens is 188 g/mol. The standard InChI is InChI=1S/C10H13ClO2/c1-6-5-8(11)10(13-4)9(12-3)7(6)2/h5H,1-4H3. The van der Waals surface area contributed by atoms with Gasteiger partial charge < -0.3 is 9.47 Å². The van der Waals surface area contributed by atoms with Gasteiger partial charge in [0.25, 0.3) is 0 Å². The van der Waals surface area contributed by atoms with Crippen molar-refractivity contribution in [1.29, 1.82) is 0 Å². The fourth-order valence-electron chi connectivity index (χ4n) is 1.26. The van der Waals surface area contributed by atoms with Gasteiger partial charge in [0.2, 0.25) is 0 Å². The molecule has 2 nitrogen and oxygen atoms in total. The Morgan fingerprint density at radius 2 is 1.62 bits per heavy atom. The third-order valence-corrected chi connectivity index (χ3v) is 2.39. The lowest BCUT2D eigenvalue weighted by atomic mass is 10.1. The van der Waals surface area contributed by atoms with Gasteiger partial charge in [-0.1, -0.05) is 11.6 Å². The van der Waals surface area contributed by atoms with Crippen LogP contribution < -0.4 is 9.47 Å². The van der Waals surface area contributed by atoms with Crippen molar-refractivity contribution in [2.24, 2.45) is 0 Å². The van der Waals surface area contributed by atoms with Crippen LogP contribution in [0.25, 0.3) is 0 Å². The molecule has 0 saturated heterocycles. The quantitative estimate of drug-likeness (QED) is 0.731. The van der Waals surface area contributed by atoms with Gasteiger partial charge in [0, 0.05) is 0 Å². The summed E-state index contributed by atoms with van der Waals surface area (Å²) in [5, 5.41) is 0.586. The van der Waals surface area contributed by atoms with Crippen LogP contribution in [-0.2, 0) is 0 Å². The minimum absolute atomic E-state index is 0.586. The fraction of sp³-hybridized carbons (Fsp3) is 0.400. The van der Waals surface area contributed by atoms with Crippen molar-refractivity contribution in [3.05, 3.63) is 22.2 Å². The van der Waals surface area contributed by atoms with Crippen molar-refractivity contribution in [2.75, 3.05) is 14.2 Å². The zero-order chi connectivity index (χ0) is 10.0.